The second-order valence-corrected chi connectivity index (χ2v) is 6.42. The first kappa shape index (κ1) is 20.2. The number of likely N-dealkylation sites (tertiary alicyclic amines) is 1. The Morgan fingerprint density at radius 3 is 2.42 bits per heavy atom. The quantitative estimate of drug-likeness (QED) is 0.763. The summed E-state index contributed by atoms with van der Waals surface area (Å²) in [7, 11) is 0. The average Bonchev–Trinajstić information content (AvgIpc) is 2.48. The van der Waals surface area contributed by atoms with Crippen LogP contribution in [0.3, 0.4) is 0 Å². The lowest BCUT2D eigenvalue weighted by atomic mass is 9.92. The summed E-state index contributed by atoms with van der Waals surface area (Å²) in [4.78, 5) is 35.7. The summed E-state index contributed by atoms with van der Waals surface area (Å²) in [6, 6.07) is -1.25. The third-order valence-electron chi connectivity index (χ3n) is 4.07. The van der Waals surface area contributed by atoms with Gasteiger partial charge in [-0.1, -0.05) is 13.8 Å². The lowest BCUT2D eigenvalue weighted by Gasteiger charge is -2.36. The predicted octanol–water partition coefficient (Wildman–Crippen LogP) is 1.79. The summed E-state index contributed by atoms with van der Waals surface area (Å²) in [5, 5.41) is 10.5. The highest BCUT2D eigenvalue weighted by atomic mass is 19.4. The van der Waals surface area contributed by atoms with E-state index in [1.54, 1.807) is 19.2 Å². The van der Waals surface area contributed by atoms with Gasteiger partial charge in [-0.15, -0.1) is 0 Å². The molecule has 1 fully saturated rings. The smallest absolute Gasteiger partial charge is 0.471 e. The minimum absolute atomic E-state index is 0.00456. The molecule has 1 unspecified atom stereocenters. The van der Waals surface area contributed by atoms with Crippen molar-refractivity contribution in [3.63, 3.8) is 0 Å². The summed E-state index contributed by atoms with van der Waals surface area (Å²) in [5.41, 5.74) is 0. The monoisotopic (exact) mass is 352 g/mol. The Labute approximate surface area is 138 Å². The number of alkyl halides is 3. The molecule has 0 aromatic rings. The van der Waals surface area contributed by atoms with Crippen LogP contribution >= 0.6 is 0 Å². The van der Waals surface area contributed by atoms with Crippen molar-refractivity contribution in [3.8, 4) is 0 Å². The van der Waals surface area contributed by atoms with Gasteiger partial charge in [0.2, 0.25) is 5.91 Å². The van der Waals surface area contributed by atoms with E-state index in [1.807, 2.05) is 0 Å². The van der Waals surface area contributed by atoms with Crippen LogP contribution in [0.5, 0.6) is 0 Å². The van der Waals surface area contributed by atoms with Crippen LogP contribution in [0.25, 0.3) is 0 Å². The van der Waals surface area contributed by atoms with Crippen molar-refractivity contribution in [1.29, 1.82) is 0 Å². The van der Waals surface area contributed by atoms with Gasteiger partial charge in [0.15, 0.2) is 0 Å². The maximum absolute atomic E-state index is 12.5. The molecule has 1 aliphatic heterocycles. The molecule has 6 nitrogen and oxygen atoms in total. The first-order chi connectivity index (χ1) is 11.0. The molecule has 0 bridgehead atoms. The van der Waals surface area contributed by atoms with E-state index in [1.165, 1.54) is 4.90 Å². The van der Waals surface area contributed by atoms with Crippen LogP contribution in [0.15, 0.2) is 0 Å². The first-order valence-electron chi connectivity index (χ1n) is 7.90. The van der Waals surface area contributed by atoms with Gasteiger partial charge < -0.3 is 15.3 Å². The van der Waals surface area contributed by atoms with E-state index in [2.05, 4.69) is 0 Å². The maximum Gasteiger partial charge on any atom is 0.471 e. The zero-order valence-corrected chi connectivity index (χ0v) is 13.7. The number of hydrogen-bond acceptors (Lipinski definition) is 3. The van der Waals surface area contributed by atoms with Crippen molar-refractivity contribution >= 4 is 17.8 Å². The number of amides is 2. The normalized spacial score (nSPS) is 19.9. The summed E-state index contributed by atoms with van der Waals surface area (Å²) >= 11 is 0. The van der Waals surface area contributed by atoms with Crippen LogP contribution in [0.2, 0.25) is 0 Å². The van der Waals surface area contributed by atoms with Crippen molar-refractivity contribution in [1.82, 2.24) is 10.2 Å². The summed E-state index contributed by atoms with van der Waals surface area (Å²) in [6.07, 6.45) is -3.20. The SMILES string of the molecule is CC(C)[C@H](NC(=O)C(F)(F)F)C(=O)N1CCCC(CCC(=O)O)C1. The molecule has 2 N–H and O–H groups in total. The Balaban J connectivity index is 2.72. The van der Waals surface area contributed by atoms with Gasteiger partial charge >= 0.3 is 18.1 Å². The van der Waals surface area contributed by atoms with E-state index in [0.29, 0.717) is 25.9 Å². The standard InChI is InChI=1S/C15H23F3N2O4/c1-9(2)12(19-14(24)15(16,17)18)13(23)20-7-3-4-10(8-20)5-6-11(21)22/h9-10,12H,3-8H2,1-2H3,(H,19,24)(H,21,22)/t10?,12-/m0/s1. The van der Waals surface area contributed by atoms with Crippen molar-refractivity contribution in [2.75, 3.05) is 13.1 Å². The van der Waals surface area contributed by atoms with Crippen molar-refractivity contribution < 1.29 is 32.7 Å². The van der Waals surface area contributed by atoms with Crippen LogP contribution in [-0.4, -0.2) is 53.1 Å². The molecule has 0 saturated carbocycles. The molecule has 0 radical (unpaired) electrons. The molecule has 0 aliphatic carbocycles. The molecule has 0 aromatic carbocycles. The number of halogens is 3. The zero-order chi connectivity index (χ0) is 18.5. The van der Waals surface area contributed by atoms with Gasteiger partial charge in [-0.05, 0) is 31.1 Å². The Bertz CT molecular complexity index is 480. The second kappa shape index (κ2) is 8.34. The number of nitrogens with zero attached hydrogens (tertiary/aromatic N) is 1. The number of carboxylic acids is 1. The van der Waals surface area contributed by atoms with Gasteiger partial charge in [-0.3, -0.25) is 14.4 Å². The minimum atomic E-state index is -5.04. The van der Waals surface area contributed by atoms with E-state index in [-0.39, 0.29) is 12.3 Å². The number of hydrogen-bond donors (Lipinski definition) is 2. The first-order valence-corrected chi connectivity index (χ1v) is 7.90. The summed E-state index contributed by atoms with van der Waals surface area (Å²) in [5.74, 6) is -4.10. The third kappa shape index (κ3) is 6.01. The highest BCUT2D eigenvalue weighted by molar-refractivity contribution is 5.90. The Morgan fingerprint density at radius 1 is 1.29 bits per heavy atom. The van der Waals surface area contributed by atoms with Gasteiger partial charge in [0.05, 0.1) is 0 Å². The second-order valence-electron chi connectivity index (χ2n) is 6.42. The van der Waals surface area contributed by atoms with Crippen molar-refractivity contribution in [2.45, 2.75) is 51.7 Å². The number of piperidine rings is 1. The molecule has 138 valence electrons. The summed E-state index contributed by atoms with van der Waals surface area (Å²) in [6.45, 7) is 3.82. The van der Waals surface area contributed by atoms with Gasteiger partial charge in [0.1, 0.15) is 6.04 Å². The van der Waals surface area contributed by atoms with E-state index >= 15 is 0 Å². The van der Waals surface area contributed by atoms with Gasteiger partial charge in [0, 0.05) is 19.5 Å². The fourth-order valence-corrected chi connectivity index (χ4v) is 2.76. The minimum Gasteiger partial charge on any atom is -0.481 e. The molecule has 9 heteroatoms. The van der Waals surface area contributed by atoms with Gasteiger partial charge in [-0.2, -0.15) is 13.2 Å². The number of carbonyl (C=O) groups excluding carboxylic acids is 2. The largest absolute Gasteiger partial charge is 0.481 e. The molecule has 1 heterocycles. The molecule has 24 heavy (non-hydrogen) atoms. The van der Waals surface area contributed by atoms with E-state index in [9.17, 15) is 27.6 Å². The summed E-state index contributed by atoms with van der Waals surface area (Å²) < 4.78 is 37.3. The topological polar surface area (TPSA) is 86.7 Å². The maximum atomic E-state index is 12.5. The van der Waals surface area contributed by atoms with Crippen LogP contribution < -0.4 is 5.32 Å². The predicted molar refractivity (Wildman–Crippen MR) is 79.0 cm³/mol. The fraction of sp³-hybridized carbons (Fsp3) is 0.800. The van der Waals surface area contributed by atoms with Gasteiger partial charge in [0.25, 0.3) is 0 Å². The molecule has 0 spiro atoms. The molecule has 1 rings (SSSR count). The molecule has 2 amide bonds. The molecule has 2 atom stereocenters. The number of carboxylic acid groups (broad SMARTS) is 1. The van der Waals surface area contributed by atoms with Crippen LogP contribution in [0, 0.1) is 11.8 Å². The molecule has 1 aliphatic rings. The Kier molecular flexibility index (Phi) is 7.04. The molecule has 1 saturated heterocycles. The fourth-order valence-electron chi connectivity index (χ4n) is 2.76. The molecular weight excluding hydrogens is 329 g/mol. The third-order valence-corrected chi connectivity index (χ3v) is 4.07. The molecule has 0 aromatic heterocycles. The van der Waals surface area contributed by atoms with E-state index in [4.69, 9.17) is 5.11 Å². The van der Waals surface area contributed by atoms with Gasteiger partial charge in [-0.25, -0.2) is 0 Å². The average molecular weight is 352 g/mol. The number of nitrogens with one attached hydrogen (secondary N) is 1. The molecular formula is C15H23F3N2O4. The van der Waals surface area contributed by atoms with Crippen molar-refractivity contribution in [2.24, 2.45) is 11.8 Å². The van der Waals surface area contributed by atoms with Crippen LogP contribution in [0.4, 0.5) is 13.2 Å². The van der Waals surface area contributed by atoms with E-state index in [0.717, 1.165) is 6.42 Å². The highest BCUT2D eigenvalue weighted by Gasteiger charge is 2.42. The van der Waals surface area contributed by atoms with Crippen LogP contribution in [-0.2, 0) is 14.4 Å². The lowest BCUT2D eigenvalue weighted by molar-refractivity contribution is -0.175. The number of rotatable bonds is 6. The number of carbonyl (C=O) groups is 3. The Morgan fingerprint density at radius 2 is 1.92 bits per heavy atom. The highest BCUT2D eigenvalue weighted by Crippen LogP contribution is 2.23. The van der Waals surface area contributed by atoms with E-state index < -0.39 is 35.9 Å². The van der Waals surface area contributed by atoms with Crippen molar-refractivity contribution in [3.05, 3.63) is 0 Å². The van der Waals surface area contributed by atoms with Crippen LogP contribution in [0.1, 0.15) is 39.5 Å². The zero-order valence-electron chi connectivity index (χ0n) is 13.7. The lowest BCUT2D eigenvalue weighted by Crippen LogP contribution is -2.55. The Hall–Kier alpha value is -1.80. The number of aliphatic carboxylic acids is 1.